The first-order chi connectivity index (χ1) is 16.6. The van der Waals surface area contributed by atoms with Gasteiger partial charge in [-0.2, -0.15) is 23.8 Å². The van der Waals surface area contributed by atoms with Crippen LogP contribution in [-0.2, 0) is 15.9 Å². The lowest BCUT2D eigenvalue weighted by Gasteiger charge is -2.29. The van der Waals surface area contributed by atoms with Gasteiger partial charge in [-0.15, -0.1) is 0 Å². The van der Waals surface area contributed by atoms with E-state index < -0.39 is 34.4 Å². The molecule has 0 radical (unpaired) electrons. The Morgan fingerprint density at radius 3 is 2.42 bits per heavy atom. The number of benzene rings is 2. The van der Waals surface area contributed by atoms with E-state index in [2.05, 4.69) is 10.6 Å². The number of primary amides is 1. The third kappa shape index (κ3) is 4.12. The molecule has 0 aliphatic heterocycles. The summed E-state index contributed by atoms with van der Waals surface area (Å²) in [6.45, 7) is 6.17. The molecule has 1 aliphatic rings. The SMILES string of the molecule is CC(C)(O)CNOc1cc(-c2cnn(C(C)(C)C(N)=O)c2)c2c(c1)[C@@](O)(C(F)(F)F)c1ccccc1-2. The van der Waals surface area contributed by atoms with Crippen molar-refractivity contribution in [1.82, 2.24) is 15.3 Å². The van der Waals surface area contributed by atoms with Crippen LogP contribution in [0.15, 0.2) is 48.8 Å². The summed E-state index contributed by atoms with van der Waals surface area (Å²) in [6, 6.07) is 8.39. The molecular weight excluding hydrogens is 477 g/mol. The zero-order valence-electron chi connectivity index (χ0n) is 20.1. The summed E-state index contributed by atoms with van der Waals surface area (Å²) in [6.07, 6.45) is -2.13. The summed E-state index contributed by atoms with van der Waals surface area (Å²) in [7, 11) is 0. The lowest BCUT2D eigenvalue weighted by atomic mass is 9.89. The van der Waals surface area contributed by atoms with Gasteiger partial charge in [0, 0.05) is 22.9 Å². The lowest BCUT2D eigenvalue weighted by molar-refractivity contribution is -0.246. The molecule has 1 aromatic heterocycles. The van der Waals surface area contributed by atoms with Crippen molar-refractivity contribution < 1.29 is 33.0 Å². The number of nitrogens with zero attached hydrogens (tertiary/aromatic N) is 2. The third-order valence-electron chi connectivity index (χ3n) is 6.26. The van der Waals surface area contributed by atoms with Crippen molar-refractivity contribution in [2.24, 2.45) is 5.73 Å². The van der Waals surface area contributed by atoms with Gasteiger partial charge >= 0.3 is 6.18 Å². The first-order valence-corrected chi connectivity index (χ1v) is 11.1. The second kappa shape index (κ2) is 8.32. The van der Waals surface area contributed by atoms with Crippen LogP contribution in [0.5, 0.6) is 5.75 Å². The highest BCUT2D eigenvalue weighted by molar-refractivity contribution is 5.93. The maximum atomic E-state index is 14.4. The number of alkyl halides is 3. The lowest BCUT2D eigenvalue weighted by Crippen LogP contribution is -2.41. The van der Waals surface area contributed by atoms with E-state index in [0.717, 1.165) is 6.07 Å². The molecule has 0 saturated carbocycles. The zero-order chi connectivity index (χ0) is 26.7. The Morgan fingerprint density at radius 2 is 1.81 bits per heavy atom. The van der Waals surface area contributed by atoms with Gasteiger partial charge in [-0.05, 0) is 56.5 Å². The Kier molecular flexibility index (Phi) is 5.94. The van der Waals surface area contributed by atoms with E-state index in [4.69, 9.17) is 10.6 Å². The molecule has 0 fully saturated rings. The van der Waals surface area contributed by atoms with Crippen molar-refractivity contribution in [1.29, 1.82) is 0 Å². The molecule has 1 amide bonds. The number of carbonyl (C=O) groups excluding carboxylic acids is 1. The summed E-state index contributed by atoms with van der Waals surface area (Å²) < 4.78 is 44.6. The largest absolute Gasteiger partial charge is 0.425 e. The van der Waals surface area contributed by atoms with Crippen LogP contribution in [-0.4, -0.2) is 44.2 Å². The number of nitrogens with two attached hydrogens (primary N) is 1. The van der Waals surface area contributed by atoms with Crippen LogP contribution in [0, 0.1) is 0 Å². The van der Waals surface area contributed by atoms with Gasteiger partial charge in [0.1, 0.15) is 11.3 Å². The molecule has 4 rings (SSSR count). The van der Waals surface area contributed by atoms with E-state index in [1.54, 1.807) is 19.9 Å². The highest BCUT2D eigenvalue weighted by Gasteiger charge is 2.61. The van der Waals surface area contributed by atoms with Crippen molar-refractivity contribution in [3.05, 3.63) is 59.9 Å². The van der Waals surface area contributed by atoms with Crippen molar-refractivity contribution in [3.63, 3.8) is 0 Å². The second-order valence-electron chi connectivity index (χ2n) is 9.98. The molecule has 36 heavy (non-hydrogen) atoms. The average Bonchev–Trinajstić information content (AvgIpc) is 3.36. The number of nitrogens with one attached hydrogen (secondary N) is 1. The topological polar surface area (TPSA) is 123 Å². The van der Waals surface area contributed by atoms with Crippen LogP contribution in [0.1, 0.15) is 38.8 Å². The van der Waals surface area contributed by atoms with Crippen LogP contribution >= 0.6 is 0 Å². The van der Waals surface area contributed by atoms with Gasteiger partial charge in [-0.25, -0.2) is 0 Å². The maximum absolute atomic E-state index is 14.4. The number of fused-ring (bicyclic) bond motifs is 3. The summed E-state index contributed by atoms with van der Waals surface area (Å²) in [5, 5.41) is 25.3. The Morgan fingerprint density at radius 1 is 1.14 bits per heavy atom. The number of halogens is 3. The molecule has 5 N–H and O–H groups in total. The average molecular weight is 505 g/mol. The van der Waals surface area contributed by atoms with Gasteiger partial charge in [0.05, 0.1) is 18.3 Å². The number of carbonyl (C=O) groups is 1. The molecule has 1 atom stereocenters. The number of aromatic nitrogens is 2. The van der Waals surface area contributed by atoms with Crippen molar-refractivity contribution in [3.8, 4) is 28.0 Å². The van der Waals surface area contributed by atoms with Gasteiger partial charge in [0.2, 0.25) is 11.5 Å². The predicted molar refractivity (Wildman–Crippen MR) is 126 cm³/mol. The molecule has 0 spiro atoms. The highest BCUT2D eigenvalue weighted by Crippen LogP contribution is 2.58. The minimum atomic E-state index is -5.04. The van der Waals surface area contributed by atoms with Crippen LogP contribution < -0.4 is 16.1 Å². The Hall–Kier alpha value is -3.41. The van der Waals surface area contributed by atoms with E-state index in [0.29, 0.717) is 11.1 Å². The molecule has 0 bridgehead atoms. The number of amides is 1. The van der Waals surface area contributed by atoms with E-state index in [-0.39, 0.29) is 29.0 Å². The fourth-order valence-corrected chi connectivity index (χ4v) is 4.12. The summed E-state index contributed by atoms with van der Waals surface area (Å²) in [4.78, 5) is 17.4. The van der Waals surface area contributed by atoms with Gasteiger partial charge < -0.3 is 20.8 Å². The molecule has 11 heteroatoms. The van der Waals surface area contributed by atoms with E-state index in [1.807, 2.05) is 0 Å². The number of hydrogen-bond donors (Lipinski definition) is 4. The minimum absolute atomic E-state index is 0.0199. The molecular formula is C25H27F3N4O4. The van der Waals surface area contributed by atoms with Crippen LogP contribution in [0.4, 0.5) is 13.2 Å². The first-order valence-electron chi connectivity index (χ1n) is 11.1. The third-order valence-corrected chi connectivity index (χ3v) is 6.26. The molecule has 0 saturated heterocycles. The fraction of sp³-hybridized carbons (Fsp3) is 0.360. The number of aliphatic hydroxyl groups is 2. The number of rotatable bonds is 7. The maximum Gasteiger partial charge on any atom is 0.425 e. The van der Waals surface area contributed by atoms with Crippen molar-refractivity contribution in [2.45, 2.75) is 50.6 Å². The molecule has 8 nitrogen and oxygen atoms in total. The normalized spacial score (nSPS) is 17.6. The van der Waals surface area contributed by atoms with Crippen LogP contribution in [0.3, 0.4) is 0 Å². The minimum Gasteiger partial charge on any atom is -0.409 e. The van der Waals surface area contributed by atoms with Crippen LogP contribution in [0.2, 0.25) is 0 Å². The predicted octanol–water partition coefficient (Wildman–Crippen LogP) is 3.20. The standard InChI is InChI=1S/C25H27F3N4O4/c1-22(2,34)13-31-36-15-9-17(14-11-30-32(12-14)23(3,4)21(29)33)20-16-7-5-6-8-18(16)24(35,19(20)10-15)25(26,27)28/h5-12,31,34-35H,13H2,1-4H3,(H2,29,33)/t24-/m1/s1. The van der Waals surface area contributed by atoms with Gasteiger partial charge in [-0.1, -0.05) is 24.3 Å². The number of hydroxylamine groups is 1. The van der Waals surface area contributed by atoms with Crippen molar-refractivity contribution in [2.75, 3.05) is 6.54 Å². The first kappa shape index (κ1) is 25.7. The van der Waals surface area contributed by atoms with Crippen molar-refractivity contribution >= 4 is 5.91 Å². The summed E-state index contributed by atoms with van der Waals surface area (Å²) >= 11 is 0. The summed E-state index contributed by atoms with van der Waals surface area (Å²) in [5.41, 5.74) is 2.75. The van der Waals surface area contributed by atoms with E-state index >= 15 is 0 Å². The quantitative estimate of drug-likeness (QED) is 0.367. The van der Waals surface area contributed by atoms with Gasteiger partial charge in [0.25, 0.3) is 0 Å². The Balaban J connectivity index is 1.95. The molecule has 1 heterocycles. The Labute approximate surface area is 205 Å². The van der Waals surface area contributed by atoms with Gasteiger partial charge in [-0.3, -0.25) is 9.48 Å². The fourth-order valence-electron chi connectivity index (χ4n) is 4.12. The van der Waals surface area contributed by atoms with E-state index in [1.165, 1.54) is 55.2 Å². The second-order valence-corrected chi connectivity index (χ2v) is 9.98. The van der Waals surface area contributed by atoms with E-state index in [9.17, 15) is 28.2 Å². The Bertz CT molecular complexity index is 1330. The summed E-state index contributed by atoms with van der Waals surface area (Å²) in [5.74, 6) is -0.669. The zero-order valence-corrected chi connectivity index (χ0v) is 20.1. The molecule has 2 aromatic carbocycles. The highest BCUT2D eigenvalue weighted by atomic mass is 19.4. The monoisotopic (exact) mass is 504 g/mol. The van der Waals surface area contributed by atoms with Crippen LogP contribution in [0.25, 0.3) is 22.3 Å². The molecule has 3 aromatic rings. The molecule has 192 valence electrons. The molecule has 0 unspecified atom stereocenters. The smallest absolute Gasteiger partial charge is 0.409 e. The number of hydrogen-bond acceptors (Lipinski definition) is 6. The molecule has 1 aliphatic carbocycles. The van der Waals surface area contributed by atoms with Gasteiger partial charge in [0.15, 0.2) is 0 Å².